The number of hydrogen-bond acceptors (Lipinski definition) is 0. The molecule has 22 heavy (non-hydrogen) atoms. The minimum atomic E-state index is -8.99. The zero-order valence-electron chi connectivity index (χ0n) is 11.7. The van der Waals surface area contributed by atoms with E-state index in [1.54, 1.807) is 0 Å². The molecule has 0 nitrogen and oxygen atoms in total. The predicted molar refractivity (Wildman–Crippen MR) is 71.0 cm³/mol. The first kappa shape index (κ1) is 21.3. The van der Waals surface area contributed by atoms with E-state index in [-0.39, 0.29) is 25.9 Å². The Kier molecular flexibility index (Phi) is 7.98. The zero-order chi connectivity index (χ0) is 16.1. The maximum Gasteiger partial charge on any atom is -1.00 e. The summed E-state index contributed by atoms with van der Waals surface area (Å²) in [5.74, 6) is 0. The molecular weight excluding hydrogens is 484 g/mol. The molecule has 126 valence electrons. The minimum Gasteiger partial charge on any atom is -1.00 e. The number of halogens is 7. The van der Waals surface area contributed by atoms with E-state index in [4.69, 9.17) is 0 Å². The van der Waals surface area contributed by atoms with Crippen LogP contribution >= 0.6 is 0 Å². The van der Waals surface area contributed by atoms with Gasteiger partial charge in [-0.2, -0.15) is 0 Å². The molecule has 0 saturated heterocycles. The minimum absolute atomic E-state index is 0. The SMILES string of the molecule is Cc1ccc([I-]c2ccc(C)cc2)cc1.F[As](F)(F)(F)F.[F-]. The molecule has 0 saturated carbocycles. The summed E-state index contributed by atoms with van der Waals surface area (Å²) in [7, 11) is 0. The van der Waals surface area contributed by atoms with Gasteiger partial charge in [-0.25, -0.2) is 0 Å². The second kappa shape index (κ2) is 8.24. The summed E-state index contributed by atoms with van der Waals surface area (Å²) in [6.45, 7) is 4.27. The van der Waals surface area contributed by atoms with Crippen LogP contribution in [-0.2, 0) is 0 Å². The van der Waals surface area contributed by atoms with Gasteiger partial charge < -0.3 is 4.70 Å². The molecule has 0 unspecified atom stereocenters. The van der Waals surface area contributed by atoms with E-state index in [2.05, 4.69) is 62.4 Å². The van der Waals surface area contributed by atoms with E-state index in [1.165, 1.54) is 18.3 Å². The van der Waals surface area contributed by atoms with Crippen LogP contribution in [0.3, 0.4) is 0 Å². The Morgan fingerprint density at radius 2 is 0.864 bits per heavy atom. The second-order valence-electron chi connectivity index (χ2n) is 4.32. The average molecular weight is 498 g/mol. The quantitative estimate of drug-likeness (QED) is 0.288. The molecule has 2 rings (SSSR count). The van der Waals surface area contributed by atoms with Crippen LogP contribution in [-0.4, -0.2) is 14.8 Å². The molecular formula is C14H14AsF6I-2. The van der Waals surface area contributed by atoms with E-state index in [0.717, 1.165) is 0 Å². The van der Waals surface area contributed by atoms with Crippen LogP contribution in [0.1, 0.15) is 11.1 Å². The molecule has 0 radical (unpaired) electrons. The van der Waals surface area contributed by atoms with Crippen molar-refractivity contribution in [2.45, 2.75) is 13.8 Å². The monoisotopic (exact) mass is 498 g/mol. The van der Waals surface area contributed by atoms with Gasteiger partial charge >= 0.3 is 134 Å². The van der Waals surface area contributed by atoms with Gasteiger partial charge in [0, 0.05) is 0 Å². The van der Waals surface area contributed by atoms with Crippen LogP contribution in [0.2, 0.25) is 0 Å². The molecule has 2 aromatic rings. The number of benzene rings is 2. The molecule has 0 aliphatic heterocycles. The Morgan fingerprint density at radius 1 is 0.636 bits per heavy atom. The maximum atomic E-state index is 9.89. The summed E-state index contributed by atoms with van der Waals surface area (Å²) < 4.78 is 52.4. The van der Waals surface area contributed by atoms with Crippen molar-refractivity contribution in [3.8, 4) is 0 Å². The molecule has 2 aromatic carbocycles. The van der Waals surface area contributed by atoms with Crippen LogP contribution in [0.15, 0.2) is 48.5 Å². The van der Waals surface area contributed by atoms with Gasteiger partial charge in [0.1, 0.15) is 0 Å². The topological polar surface area (TPSA) is 0 Å². The Bertz CT molecular complexity index is 515. The molecule has 0 spiro atoms. The van der Waals surface area contributed by atoms with Crippen molar-refractivity contribution < 1.29 is 43.2 Å². The number of hydrogen-bond donors (Lipinski definition) is 0. The van der Waals surface area contributed by atoms with E-state index < -0.39 is 14.8 Å². The smallest absolute Gasteiger partial charge is 1.00 e. The Balaban J connectivity index is 0.000000546. The first-order chi connectivity index (χ1) is 9.47. The molecule has 0 atom stereocenters. The normalized spacial score (nSPS) is 12.4. The van der Waals surface area contributed by atoms with Crippen molar-refractivity contribution in [3.63, 3.8) is 0 Å². The van der Waals surface area contributed by atoms with Crippen LogP contribution in [0.4, 0.5) is 17.3 Å². The van der Waals surface area contributed by atoms with Crippen LogP contribution < -0.4 is 25.9 Å². The second-order valence-corrected chi connectivity index (χ2v) is 10.0. The Hall–Kier alpha value is -0.692. The first-order valence-corrected chi connectivity index (χ1v) is 11.6. The van der Waals surface area contributed by atoms with E-state index >= 15 is 0 Å². The third-order valence-electron chi connectivity index (χ3n) is 2.24. The maximum absolute atomic E-state index is 9.89. The van der Waals surface area contributed by atoms with Crippen LogP contribution in [0.5, 0.6) is 0 Å². The third kappa shape index (κ3) is 11.9. The van der Waals surface area contributed by atoms with Crippen LogP contribution in [0, 0.1) is 21.0 Å². The molecule has 0 aliphatic rings. The number of rotatable bonds is 2. The van der Waals surface area contributed by atoms with E-state index in [1.807, 2.05) is 0 Å². The zero-order valence-corrected chi connectivity index (χ0v) is 15.7. The molecule has 0 amide bonds. The van der Waals surface area contributed by atoms with Gasteiger partial charge in [-0.1, -0.05) is 0 Å². The van der Waals surface area contributed by atoms with Gasteiger partial charge in [-0.15, -0.1) is 0 Å². The molecule has 8 heteroatoms. The van der Waals surface area contributed by atoms with Crippen molar-refractivity contribution >= 4 is 14.8 Å². The largest absolute Gasteiger partial charge is 1.00 e. The van der Waals surface area contributed by atoms with Crippen molar-refractivity contribution in [2.24, 2.45) is 0 Å². The molecule has 0 N–H and O–H groups in total. The summed E-state index contributed by atoms with van der Waals surface area (Å²) in [6.07, 6.45) is 0. The van der Waals surface area contributed by atoms with E-state index in [9.17, 15) is 17.3 Å². The summed E-state index contributed by atoms with van der Waals surface area (Å²) >= 11 is -8.98. The average Bonchev–Trinajstić information content (AvgIpc) is 2.32. The Labute approximate surface area is 138 Å². The standard InChI is InChI=1S/C14H14I.AsF5.FH/c1-11-3-7-13(8-4-11)15-14-9-5-12(2)6-10-14;2-1(3,4,5)6;/h3-10H,1-2H3;;1H/q-1;;/p-1. The van der Waals surface area contributed by atoms with Gasteiger partial charge in [0.25, 0.3) is 0 Å². The summed E-state index contributed by atoms with van der Waals surface area (Å²) in [5.41, 5.74) is 2.68. The predicted octanol–water partition coefficient (Wildman–Crippen LogP) is -0.844. The summed E-state index contributed by atoms with van der Waals surface area (Å²) in [4.78, 5) is 0. The van der Waals surface area contributed by atoms with Gasteiger partial charge in [-0.3, -0.25) is 0 Å². The molecule has 0 bridgehead atoms. The van der Waals surface area contributed by atoms with Gasteiger partial charge in [-0.05, 0) is 0 Å². The fourth-order valence-electron chi connectivity index (χ4n) is 1.32. The molecule has 0 fully saturated rings. The van der Waals surface area contributed by atoms with Gasteiger partial charge in [0.2, 0.25) is 0 Å². The summed E-state index contributed by atoms with van der Waals surface area (Å²) in [5, 5.41) is 0. The van der Waals surface area contributed by atoms with Gasteiger partial charge in [0.15, 0.2) is 0 Å². The number of aryl methyl sites for hydroxylation is 2. The molecule has 0 aliphatic carbocycles. The summed E-state index contributed by atoms with van der Waals surface area (Å²) in [6, 6.07) is 17.8. The van der Waals surface area contributed by atoms with Crippen molar-refractivity contribution in [1.29, 1.82) is 0 Å². The third-order valence-corrected chi connectivity index (χ3v) is 4.92. The van der Waals surface area contributed by atoms with Crippen molar-refractivity contribution in [2.75, 3.05) is 0 Å². The Morgan fingerprint density at radius 3 is 1.09 bits per heavy atom. The fourth-order valence-corrected chi connectivity index (χ4v) is 3.48. The molecule has 0 aromatic heterocycles. The van der Waals surface area contributed by atoms with Crippen molar-refractivity contribution in [1.82, 2.24) is 0 Å². The van der Waals surface area contributed by atoms with E-state index in [0.29, 0.717) is 0 Å². The fraction of sp³-hybridized carbons (Fsp3) is 0.143. The first-order valence-electron chi connectivity index (χ1n) is 5.87. The van der Waals surface area contributed by atoms with Crippen molar-refractivity contribution in [3.05, 3.63) is 66.8 Å². The van der Waals surface area contributed by atoms with Gasteiger partial charge in [0.05, 0.1) is 0 Å². The molecule has 0 heterocycles. The van der Waals surface area contributed by atoms with Crippen LogP contribution in [0.25, 0.3) is 0 Å².